The zero-order valence-electron chi connectivity index (χ0n) is 12.9. The van der Waals surface area contributed by atoms with Crippen LogP contribution in [0.3, 0.4) is 0 Å². The minimum absolute atomic E-state index is 0.0525. The van der Waals surface area contributed by atoms with Crippen LogP contribution in [0.5, 0.6) is 0 Å². The molecule has 3 heteroatoms. The molecule has 0 spiro atoms. The Hall–Kier alpha value is -1.35. The van der Waals surface area contributed by atoms with Gasteiger partial charge in [0.05, 0.1) is 13.0 Å². The van der Waals surface area contributed by atoms with Crippen molar-refractivity contribution >= 4 is 5.97 Å². The molecule has 0 radical (unpaired) electrons. The fourth-order valence-corrected chi connectivity index (χ4v) is 2.51. The van der Waals surface area contributed by atoms with Gasteiger partial charge in [-0.1, -0.05) is 25.1 Å². The van der Waals surface area contributed by atoms with Crippen molar-refractivity contribution in [2.24, 2.45) is 5.92 Å². The maximum Gasteiger partial charge on any atom is 0.310 e. The van der Waals surface area contributed by atoms with Crippen molar-refractivity contribution in [3.63, 3.8) is 0 Å². The molecule has 0 saturated heterocycles. The number of aryl methyl sites for hydroxylation is 2. The molecular weight excluding hydrogens is 238 g/mol. The number of hydrogen-bond acceptors (Lipinski definition) is 3. The van der Waals surface area contributed by atoms with E-state index in [0.717, 1.165) is 6.42 Å². The molecular formula is C16H25NO2. The van der Waals surface area contributed by atoms with Gasteiger partial charge < -0.3 is 9.64 Å². The third kappa shape index (κ3) is 3.57. The first-order valence-corrected chi connectivity index (χ1v) is 6.73. The first-order chi connectivity index (χ1) is 8.92. The maximum absolute atomic E-state index is 12.0. The molecule has 0 aliphatic heterocycles. The maximum atomic E-state index is 12.0. The Labute approximate surface area is 116 Å². The van der Waals surface area contributed by atoms with Gasteiger partial charge in [0.1, 0.15) is 0 Å². The Morgan fingerprint density at radius 3 is 2.32 bits per heavy atom. The van der Waals surface area contributed by atoms with Crippen LogP contribution in [0, 0.1) is 19.8 Å². The molecule has 0 saturated carbocycles. The highest BCUT2D eigenvalue weighted by molar-refractivity contribution is 5.73. The highest BCUT2D eigenvalue weighted by Gasteiger charge is 2.30. The molecule has 3 nitrogen and oxygen atoms in total. The van der Waals surface area contributed by atoms with E-state index in [4.69, 9.17) is 4.74 Å². The van der Waals surface area contributed by atoms with E-state index in [0.29, 0.717) is 0 Å². The zero-order valence-corrected chi connectivity index (χ0v) is 12.9. The van der Waals surface area contributed by atoms with Crippen molar-refractivity contribution in [3.8, 4) is 0 Å². The fourth-order valence-electron chi connectivity index (χ4n) is 2.51. The molecule has 0 fully saturated rings. The van der Waals surface area contributed by atoms with Crippen LogP contribution in [0.1, 0.15) is 36.1 Å². The number of carbonyl (C=O) groups excluding carboxylic acids is 1. The monoisotopic (exact) mass is 263 g/mol. The van der Waals surface area contributed by atoms with Crippen LogP contribution in [-0.2, 0) is 9.53 Å². The van der Waals surface area contributed by atoms with Gasteiger partial charge in [-0.25, -0.2) is 0 Å². The summed E-state index contributed by atoms with van der Waals surface area (Å²) in [6, 6.07) is 6.45. The lowest BCUT2D eigenvalue weighted by molar-refractivity contribution is -0.148. The van der Waals surface area contributed by atoms with E-state index in [-0.39, 0.29) is 17.9 Å². The number of hydrogen-bond donors (Lipinski definition) is 0. The third-order valence-electron chi connectivity index (χ3n) is 3.75. The standard InChI is InChI=1S/C16H25NO2/c1-7-14(16(18)19-6)15(17(4)5)13-9-8-11(2)12(3)10-13/h8-10,14-15H,7H2,1-6H3. The number of benzene rings is 1. The van der Waals surface area contributed by atoms with E-state index in [1.807, 2.05) is 21.0 Å². The molecule has 0 aliphatic rings. The van der Waals surface area contributed by atoms with Crippen molar-refractivity contribution in [1.29, 1.82) is 0 Å². The first-order valence-electron chi connectivity index (χ1n) is 6.73. The van der Waals surface area contributed by atoms with Crippen LogP contribution in [0.2, 0.25) is 0 Å². The summed E-state index contributed by atoms with van der Waals surface area (Å²) >= 11 is 0. The lowest BCUT2D eigenvalue weighted by Crippen LogP contribution is -2.32. The number of rotatable bonds is 5. The van der Waals surface area contributed by atoms with Gasteiger partial charge in [0.25, 0.3) is 0 Å². The third-order valence-corrected chi connectivity index (χ3v) is 3.75. The lowest BCUT2D eigenvalue weighted by atomic mass is 9.88. The van der Waals surface area contributed by atoms with Gasteiger partial charge in [0.2, 0.25) is 0 Å². The van der Waals surface area contributed by atoms with Crippen LogP contribution in [0.25, 0.3) is 0 Å². The minimum atomic E-state index is -0.139. The molecule has 0 heterocycles. The van der Waals surface area contributed by atoms with E-state index in [9.17, 15) is 4.79 Å². The number of ether oxygens (including phenoxy) is 1. The second kappa shape index (κ2) is 6.71. The summed E-state index contributed by atoms with van der Waals surface area (Å²) in [4.78, 5) is 14.1. The molecule has 0 amide bonds. The van der Waals surface area contributed by atoms with Crippen molar-refractivity contribution in [1.82, 2.24) is 4.90 Å². The second-order valence-corrected chi connectivity index (χ2v) is 5.29. The smallest absolute Gasteiger partial charge is 0.310 e. The van der Waals surface area contributed by atoms with Gasteiger partial charge in [0.15, 0.2) is 0 Å². The number of nitrogens with zero attached hydrogens (tertiary/aromatic N) is 1. The molecule has 1 rings (SSSR count). The van der Waals surface area contributed by atoms with E-state index < -0.39 is 0 Å². The summed E-state index contributed by atoms with van der Waals surface area (Å²) in [5.74, 6) is -0.276. The molecule has 0 aromatic heterocycles. The fraction of sp³-hybridized carbons (Fsp3) is 0.562. The van der Waals surface area contributed by atoms with Crippen LogP contribution < -0.4 is 0 Å². The highest BCUT2D eigenvalue weighted by atomic mass is 16.5. The average Bonchev–Trinajstić information content (AvgIpc) is 2.38. The quantitative estimate of drug-likeness (QED) is 0.764. The molecule has 1 aromatic rings. The Kier molecular flexibility index (Phi) is 5.55. The Bertz CT molecular complexity index is 440. The summed E-state index contributed by atoms with van der Waals surface area (Å²) in [6.07, 6.45) is 0.766. The largest absolute Gasteiger partial charge is 0.469 e. The summed E-state index contributed by atoms with van der Waals surface area (Å²) in [7, 11) is 5.47. The number of carbonyl (C=O) groups is 1. The van der Waals surface area contributed by atoms with Gasteiger partial charge in [-0.3, -0.25) is 4.79 Å². The molecule has 2 atom stereocenters. The minimum Gasteiger partial charge on any atom is -0.469 e. The Morgan fingerprint density at radius 1 is 1.26 bits per heavy atom. The number of esters is 1. The van der Waals surface area contributed by atoms with Gasteiger partial charge in [-0.15, -0.1) is 0 Å². The molecule has 2 unspecified atom stereocenters. The summed E-state index contributed by atoms with van der Waals surface area (Å²) in [6.45, 7) is 6.23. The van der Waals surface area contributed by atoms with Crippen molar-refractivity contribution in [2.45, 2.75) is 33.2 Å². The van der Waals surface area contributed by atoms with Gasteiger partial charge in [-0.2, -0.15) is 0 Å². The van der Waals surface area contributed by atoms with E-state index in [1.54, 1.807) is 0 Å². The topological polar surface area (TPSA) is 29.5 Å². The first kappa shape index (κ1) is 15.7. The second-order valence-electron chi connectivity index (χ2n) is 5.29. The summed E-state index contributed by atoms with van der Waals surface area (Å²) in [5.41, 5.74) is 3.70. The van der Waals surface area contributed by atoms with Gasteiger partial charge in [0, 0.05) is 6.04 Å². The van der Waals surface area contributed by atoms with E-state index in [1.165, 1.54) is 23.8 Å². The van der Waals surface area contributed by atoms with Crippen LogP contribution in [-0.4, -0.2) is 32.1 Å². The van der Waals surface area contributed by atoms with Crippen molar-refractivity contribution in [2.75, 3.05) is 21.2 Å². The molecule has 19 heavy (non-hydrogen) atoms. The molecule has 0 N–H and O–H groups in total. The molecule has 0 aliphatic carbocycles. The predicted octanol–water partition coefficient (Wildman–Crippen LogP) is 3.11. The Balaban J connectivity index is 3.18. The Morgan fingerprint density at radius 2 is 1.89 bits per heavy atom. The van der Waals surface area contributed by atoms with Crippen molar-refractivity contribution in [3.05, 3.63) is 34.9 Å². The lowest BCUT2D eigenvalue weighted by Gasteiger charge is -2.31. The molecule has 106 valence electrons. The zero-order chi connectivity index (χ0) is 14.6. The predicted molar refractivity (Wildman–Crippen MR) is 78.1 cm³/mol. The average molecular weight is 263 g/mol. The van der Waals surface area contributed by atoms with Crippen molar-refractivity contribution < 1.29 is 9.53 Å². The number of methoxy groups -OCH3 is 1. The highest BCUT2D eigenvalue weighted by Crippen LogP contribution is 2.31. The van der Waals surface area contributed by atoms with Gasteiger partial charge >= 0.3 is 5.97 Å². The van der Waals surface area contributed by atoms with Crippen LogP contribution in [0.15, 0.2) is 18.2 Å². The summed E-state index contributed by atoms with van der Waals surface area (Å²) < 4.78 is 4.94. The summed E-state index contributed by atoms with van der Waals surface area (Å²) in [5, 5.41) is 0. The van der Waals surface area contributed by atoms with Crippen LogP contribution in [0.4, 0.5) is 0 Å². The van der Waals surface area contributed by atoms with E-state index in [2.05, 4.69) is 36.9 Å². The van der Waals surface area contributed by atoms with Crippen LogP contribution >= 0.6 is 0 Å². The normalized spacial score (nSPS) is 14.3. The SMILES string of the molecule is CCC(C(=O)OC)C(c1ccc(C)c(C)c1)N(C)C. The molecule has 0 bridgehead atoms. The molecule has 1 aromatic carbocycles. The van der Waals surface area contributed by atoms with Gasteiger partial charge in [-0.05, 0) is 51.1 Å². The van der Waals surface area contributed by atoms with E-state index >= 15 is 0 Å².